The summed E-state index contributed by atoms with van der Waals surface area (Å²) in [6, 6.07) is -0.0231. The number of hydrogen-bond acceptors (Lipinski definition) is 5. The fraction of sp³-hybridized carbons (Fsp3) is 0.714. The molecule has 7 nitrogen and oxygen atoms in total. The molecule has 1 saturated heterocycles. The van der Waals surface area contributed by atoms with Gasteiger partial charge in [-0.15, -0.1) is 0 Å². The van der Waals surface area contributed by atoms with Gasteiger partial charge in [0.25, 0.3) is 0 Å². The van der Waals surface area contributed by atoms with E-state index in [4.69, 9.17) is 9.97 Å². The molecule has 7 heteroatoms. The van der Waals surface area contributed by atoms with Crippen molar-refractivity contribution >= 4 is 17.6 Å². The molecule has 3 aliphatic rings. The third kappa shape index (κ3) is 3.59. The molecule has 4 rings (SSSR count). The highest BCUT2D eigenvalue weighted by atomic mass is 16.2. The Labute approximate surface area is 166 Å². The van der Waals surface area contributed by atoms with Crippen LogP contribution in [0.25, 0.3) is 0 Å². The van der Waals surface area contributed by atoms with Crippen molar-refractivity contribution in [3.63, 3.8) is 0 Å². The van der Waals surface area contributed by atoms with E-state index in [9.17, 15) is 9.59 Å². The first kappa shape index (κ1) is 19.2. The summed E-state index contributed by atoms with van der Waals surface area (Å²) in [5, 5.41) is 3.20. The number of carbonyl (C=O) groups excluding carboxylic acids is 2. The van der Waals surface area contributed by atoms with Crippen LogP contribution in [0.4, 0.5) is 5.82 Å². The Hall–Kier alpha value is -2.18. The first-order chi connectivity index (χ1) is 13.6. The first-order valence-electron chi connectivity index (χ1n) is 10.7. The topological polar surface area (TPSA) is 78.4 Å². The van der Waals surface area contributed by atoms with Crippen molar-refractivity contribution in [2.45, 2.75) is 70.9 Å². The van der Waals surface area contributed by atoms with E-state index in [1.54, 1.807) is 6.92 Å². The van der Waals surface area contributed by atoms with Gasteiger partial charge in [0.2, 0.25) is 11.8 Å². The minimum Gasteiger partial charge on any atom is -0.373 e. The predicted molar refractivity (Wildman–Crippen MR) is 107 cm³/mol. The van der Waals surface area contributed by atoms with Gasteiger partial charge < -0.3 is 15.1 Å². The van der Waals surface area contributed by atoms with Crippen molar-refractivity contribution in [1.82, 2.24) is 19.8 Å². The van der Waals surface area contributed by atoms with Crippen molar-refractivity contribution in [2.24, 2.45) is 5.92 Å². The number of hydrogen-bond donors (Lipinski definition) is 1. The maximum absolute atomic E-state index is 13.2. The van der Waals surface area contributed by atoms with Crippen molar-refractivity contribution < 1.29 is 9.59 Å². The largest absolute Gasteiger partial charge is 0.373 e. The monoisotopic (exact) mass is 385 g/mol. The third-order valence-corrected chi connectivity index (χ3v) is 6.55. The minimum atomic E-state index is -0.0231. The molecule has 28 heavy (non-hydrogen) atoms. The lowest BCUT2D eigenvalue weighted by Crippen LogP contribution is -2.42. The fourth-order valence-electron chi connectivity index (χ4n) is 4.93. The number of anilines is 1. The Morgan fingerprint density at radius 1 is 1.04 bits per heavy atom. The number of amides is 2. The van der Waals surface area contributed by atoms with Crippen molar-refractivity contribution in [3.8, 4) is 0 Å². The van der Waals surface area contributed by atoms with Crippen LogP contribution in [0, 0.1) is 5.92 Å². The highest BCUT2D eigenvalue weighted by Gasteiger charge is 2.36. The second-order valence-electron chi connectivity index (χ2n) is 8.32. The quantitative estimate of drug-likeness (QED) is 0.865. The number of likely N-dealkylation sites (tertiary alicyclic amines) is 1. The van der Waals surface area contributed by atoms with Gasteiger partial charge in [-0.1, -0.05) is 12.8 Å². The van der Waals surface area contributed by atoms with Crippen LogP contribution in [0.5, 0.6) is 0 Å². The van der Waals surface area contributed by atoms with Crippen molar-refractivity contribution in [3.05, 3.63) is 17.1 Å². The second kappa shape index (κ2) is 8.05. The number of piperidine rings is 1. The lowest BCUT2D eigenvalue weighted by atomic mass is 9.97. The summed E-state index contributed by atoms with van der Waals surface area (Å²) >= 11 is 0. The molecule has 0 unspecified atom stereocenters. The molecule has 0 spiro atoms. The molecule has 1 N–H and O–H groups in total. The highest BCUT2D eigenvalue weighted by molar-refractivity contribution is 5.79. The lowest BCUT2D eigenvalue weighted by molar-refractivity contribution is -0.139. The normalized spacial score (nSPS) is 22.9. The molecule has 1 aromatic heterocycles. The van der Waals surface area contributed by atoms with Crippen LogP contribution in [0.3, 0.4) is 0 Å². The molecule has 2 amide bonds. The smallest absolute Gasteiger partial charge is 0.226 e. The Balaban J connectivity index is 1.63. The first-order valence-corrected chi connectivity index (χ1v) is 10.7. The van der Waals surface area contributed by atoms with Gasteiger partial charge in [0.15, 0.2) is 5.82 Å². The Morgan fingerprint density at radius 2 is 1.79 bits per heavy atom. The minimum absolute atomic E-state index is 0.0231. The highest BCUT2D eigenvalue weighted by Crippen LogP contribution is 2.35. The molecule has 0 aromatic carbocycles. The van der Waals surface area contributed by atoms with Gasteiger partial charge in [0.05, 0.1) is 18.3 Å². The predicted octanol–water partition coefficient (Wildman–Crippen LogP) is 2.67. The van der Waals surface area contributed by atoms with E-state index in [1.807, 2.05) is 11.9 Å². The number of nitrogens with one attached hydrogen (secondary N) is 1. The number of fused-ring (bicyclic) bond motifs is 1. The molecule has 152 valence electrons. The van der Waals surface area contributed by atoms with E-state index >= 15 is 0 Å². The molecule has 3 heterocycles. The lowest BCUT2D eigenvalue weighted by Gasteiger charge is -2.37. The molecular formula is C21H31N5O2. The summed E-state index contributed by atoms with van der Waals surface area (Å²) in [6.45, 7) is 3.66. The van der Waals surface area contributed by atoms with Gasteiger partial charge in [-0.2, -0.15) is 0 Å². The molecule has 1 atom stereocenters. The summed E-state index contributed by atoms with van der Waals surface area (Å²) in [5.41, 5.74) is 2.03. The van der Waals surface area contributed by atoms with Crippen LogP contribution in [-0.2, 0) is 22.6 Å². The van der Waals surface area contributed by atoms with Gasteiger partial charge in [0, 0.05) is 45.0 Å². The van der Waals surface area contributed by atoms with Crippen LogP contribution >= 0.6 is 0 Å². The molecule has 2 fully saturated rings. The van der Waals surface area contributed by atoms with E-state index in [-0.39, 0.29) is 17.9 Å². The fourth-order valence-corrected chi connectivity index (χ4v) is 4.93. The Kier molecular flexibility index (Phi) is 5.51. The zero-order valence-corrected chi connectivity index (χ0v) is 17.0. The average molecular weight is 386 g/mol. The number of nitrogens with zero attached hydrogens (tertiary/aromatic N) is 4. The van der Waals surface area contributed by atoms with Crippen molar-refractivity contribution in [1.29, 1.82) is 0 Å². The number of carbonyl (C=O) groups is 2. The van der Waals surface area contributed by atoms with Crippen LogP contribution in [0.15, 0.2) is 0 Å². The Bertz CT molecular complexity index is 742. The zero-order chi connectivity index (χ0) is 19.7. The van der Waals surface area contributed by atoms with E-state index < -0.39 is 0 Å². The summed E-state index contributed by atoms with van der Waals surface area (Å²) in [6.07, 6.45) is 8.22. The summed E-state index contributed by atoms with van der Waals surface area (Å²) in [7, 11) is 1.86. The van der Waals surface area contributed by atoms with Crippen LogP contribution in [-0.4, -0.2) is 51.7 Å². The SMILES string of the molecule is CNc1nc([C@H]2CCCCN2C(=O)C2CCCC2)nc2c1CN(C(C)=O)CC2. The van der Waals surface area contributed by atoms with Crippen molar-refractivity contribution in [2.75, 3.05) is 25.5 Å². The third-order valence-electron chi connectivity index (χ3n) is 6.55. The maximum Gasteiger partial charge on any atom is 0.226 e. The molecule has 1 aliphatic carbocycles. The summed E-state index contributed by atoms with van der Waals surface area (Å²) in [5.74, 6) is 2.14. The molecule has 0 bridgehead atoms. The van der Waals surface area contributed by atoms with Gasteiger partial charge in [-0.3, -0.25) is 9.59 Å². The van der Waals surface area contributed by atoms with Gasteiger partial charge in [-0.05, 0) is 32.1 Å². The van der Waals surface area contributed by atoms with Crippen LogP contribution in [0.2, 0.25) is 0 Å². The van der Waals surface area contributed by atoms with Gasteiger partial charge in [-0.25, -0.2) is 9.97 Å². The molecule has 1 saturated carbocycles. The van der Waals surface area contributed by atoms with E-state index in [1.165, 1.54) is 12.8 Å². The summed E-state index contributed by atoms with van der Waals surface area (Å²) < 4.78 is 0. The Morgan fingerprint density at radius 3 is 2.50 bits per heavy atom. The zero-order valence-electron chi connectivity index (χ0n) is 17.0. The van der Waals surface area contributed by atoms with E-state index in [2.05, 4.69) is 10.2 Å². The standard InChI is InChI=1S/C21H31N5O2/c1-14(27)25-12-10-17-16(13-25)19(22-2)24-20(23-17)18-9-5-6-11-26(18)21(28)15-7-3-4-8-15/h15,18H,3-13H2,1-2H3,(H,22,23,24)/t18-/m1/s1. The van der Waals surface area contributed by atoms with Gasteiger partial charge in [0.1, 0.15) is 5.82 Å². The summed E-state index contributed by atoms with van der Waals surface area (Å²) in [4.78, 5) is 38.6. The maximum atomic E-state index is 13.2. The van der Waals surface area contributed by atoms with E-state index in [0.717, 1.165) is 68.0 Å². The molecular weight excluding hydrogens is 354 g/mol. The average Bonchev–Trinajstić information content (AvgIpc) is 3.26. The van der Waals surface area contributed by atoms with Crippen LogP contribution in [0.1, 0.15) is 75.0 Å². The second-order valence-corrected chi connectivity index (χ2v) is 8.32. The van der Waals surface area contributed by atoms with Crippen LogP contribution < -0.4 is 5.32 Å². The number of aromatic nitrogens is 2. The molecule has 0 radical (unpaired) electrons. The molecule has 2 aliphatic heterocycles. The number of rotatable bonds is 3. The van der Waals surface area contributed by atoms with E-state index in [0.29, 0.717) is 19.0 Å². The van der Waals surface area contributed by atoms with Gasteiger partial charge >= 0.3 is 0 Å². The molecule has 1 aromatic rings.